The van der Waals surface area contributed by atoms with Crippen LogP contribution in [0.5, 0.6) is 0 Å². The Kier molecular flexibility index (Phi) is 2.89. The fourth-order valence-corrected chi connectivity index (χ4v) is 2.48. The quantitative estimate of drug-likeness (QED) is 0.442. The number of rotatable bonds is 1. The fraction of sp³-hybridized carbons (Fsp3) is 0.429. The Hall–Kier alpha value is -2.04. The van der Waals surface area contributed by atoms with Crippen LogP contribution in [-0.4, -0.2) is 17.7 Å². The molecule has 1 aliphatic heterocycles. The van der Waals surface area contributed by atoms with Gasteiger partial charge in [0.25, 0.3) is 5.79 Å². The minimum absolute atomic E-state index is 0.119. The summed E-state index contributed by atoms with van der Waals surface area (Å²) in [5, 5.41) is 0. The Morgan fingerprint density at radius 3 is 2.32 bits per heavy atom. The summed E-state index contributed by atoms with van der Waals surface area (Å²) in [7, 11) is 0. The molecule has 5 heteroatoms. The zero-order chi connectivity index (χ0) is 13.3. The first-order valence-electron chi connectivity index (χ1n) is 6.40. The zero-order valence-corrected chi connectivity index (χ0v) is 10.4. The maximum Gasteiger partial charge on any atom is 0.349 e. The highest BCUT2D eigenvalue weighted by Crippen LogP contribution is 2.37. The molecule has 2 fully saturated rings. The van der Waals surface area contributed by atoms with Gasteiger partial charge in [0.2, 0.25) is 0 Å². The van der Waals surface area contributed by atoms with E-state index in [0.717, 1.165) is 19.3 Å². The predicted molar refractivity (Wildman–Crippen MR) is 64.7 cm³/mol. The molecule has 2 aliphatic rings. The minimum atomic E-state index is -1.03. The van der Waals surface area contributed by atoms with E-state index >= 15 is 0 Å². The summed E-state index contributed by atoms with van der Waals surface area (Å²) in [6, 6.07) is 3.33. The first-order valence-corrected chi connectivity index (χ1v) is 6.40. The average Bonchev–Trinajstić information content (AvgIpc) is 2.88. The van der Waals surface area contributed by atoms with Crippen molar-refractivity contribution in [2.24, 2.45) is 0 Å². The number of hydrogen-bond acceptors (Lipinski definition) is 5. The summed E-state index contributed by atoms with van der Waals surface area (Å²) < 4.78 is 15.8. The van der Waals surface area contributed by atoms with E-state index in [4.69, 9.17) is 13.9 Å². The van der Waals surface area contributed by atoms with E-state index in [9.17, 15) is 9.59 Å². The van der Waals surface area contributed by atoms with Gasteiger partial charge >= 0.3 is 11.9 Å². The smallest absolute Gasteiger partial charge is 0.349 e. The molecule has 0 N–H and O–H groups in total. The van der Waals surface area contributed by atoms with Gasteiger partial charge in [-0.25, -0.2) is 9.59 Å². The highest BCUT2D eigenvalue weighted by molar-refractivity contribution is 6.18. The fourth-order valence-electron chi connectivity index (χ4n) is 2.48. The van der Waals surface area contributed by atoms with Crippen LogP contribution in [0.25, 0.3) is 6.08 Å². The lowest BCUT2D eigenvalue weighted by Gasteiger charge is -2.38. The molecular weight excluding hydrogens is 248 g/mol. The number of esters is 2. The van der Waals surface area contributed by atoms with Gasteiger partial charge in [-0.15, -0.1) is 0 Å². The monoisotopic (exact) mass is 262 g/mol. The van der Waals surface area contributed by atoms with Crippen molar-refractivity contribution in [2.75, 3.05) is 0 Å². The van der Waals surface area contributed by atoms with Crippen LogP contribution in [0.2, 0.25) is 0 Å². The molecule has 0 radical (unpaired) electrons. The summed E-state index contributed by atoms with van der Waals surface area (Å²) in [5.41, 5.74) is -0.119. The van der Waals surface area contributed by atoms with Gasteiger partial charge < -0.3 is 13.9 Å². The largest absolute Gasteiger partial charge is 0.465 e. The molecule has 1 aromatic rings. The lowest BCUT2D eigenvalue weighted by Crippen LogP contribution is -2.47. The Balaban J connectivity index is 1.84. The van der Waals surface area contributed by atoms with Crippen LogP contribution in [0.1, 0.15) is 37.9 Å². The highest BCUT2D eigenvalue weighted by atomic mass is 16.7. The molecule has 1 spiro atoms. The van der Waals surface area contributed by atoms with Crippen LogP contribution in [-0.2, 0) is 19.1 Å². The molecule has 0 aromatic carbocycles. The third-order valence-corrected chi connectivity index (χ3v) is 3.44. The van der Waals surface area contributed by atoms with Gasteiger partial charge in [-0.3, -0.25) is 0 Å². The van der Waals surface area contributed by atoms with E-state index in [-0.39, 0.29) is 5.57 Å². The first-order chi connectivity index (χ1) is 9.19. The minimum Gasteiger partial charge on any atom is -0.465 e. The molecule has 1 aromatic heterocycles. The standard InChI is InChI=1S/C14H14O5/c15-12-11(9-10-5-4-8-17-10)13(16)19-14(18-12)6-2-1-3-7-14/h4-5,8-9H,1-3,6-7H2. The molecule has 1 saturated carbocycles. The van der Waals surface area contributed by atoms with Gasteiger partial charge in [-0.1, -0.05) is 6.42 Å². The van der Waals surface area contributed by atoms with Gasteiger partial charge in [0.15, 0.2) is 0 Å². The van der Waals surface area contributed by atoms with E-state index in [1.807, 2.05) is 0 Å². The third-order valence-electron chi connectivity index (χ3n) is 3.44. The number of furan rings is 1. The second-order valence-electron chi connectivity index (χ2n) is 4.82. The molecule has 2 heterocycles. The molecule has 0 amide bonds. The molecule has 100 valence electrons. The van der Waals surface area contributed by atoms with Crippen LogP contribution in [0, 0.1) is 0 Å². The van der Waals surface area contributed by atoms with Crippen molar-refractivity contribution in [1.82, 2.24) is 0 Å². The SMILES string of the molecule is O=C1OC2(CCCCC2)OC(=O)C1=Cc1ccco1. The van der Waals surface area contributed by atoms with E-state index < -0.39 is 17.7 Å². The van der Waals surface area contributed by atoms with E-state index in [0.29, 0.717) is 18.6 Å². The summed E-state index contributed by atoms with van der Waals surface area (Å²) >= 11 is 0. The van der Waals surface area contributed by atoms with Crippen molar-refractivity contribution in [3.63, 3.8) is 0 Å². The normalized spacial score (nSPS) is 22.0. The van der Waals surface area contributed by atoms with Crippen molar-refractivity contribution in [3.8, 4) is 0 Å². The second kappa shape index (κ2) is 4.57. The topological polar surface area (TPSA) is 65.7 Å². The van der Waals surface area contributed by atoms with Crippen molar-refractivity contribution in [3.05, 3.63) is 29.7 Å². The van der Waals surface area contributed by atoms with Crippen LogP contribution in [0.3, 0.4) is 0 Å². The molecule has 5 nitrogen and oxygen atoms in total. The average molecular weight is 262 g/mol. The summed E-state index contributed by atoms with van der Waals surface area (Å²) in [6.45, 7) is 0. The Labute approximate surface area is 110 Å². The van der Waals surface area contributed by atoms with Gasteiger partial charge in [-0.05, 0) is 25.0 Å². The van der Waals surface area contributed by atoms with Crippen molar-refractivity contribution < 1.29 is 23.5 Å². The van der Waals surface area contributed by atoms with E-state index in [1.54, 1.807) is 12.1 Å². The van der Waals surface area contributed by atoms with Crippen LogP contribution >= 0.6 is 0 Å². The third kappa shape index (κ3) is 2.28. The number of carbonyl (C=O) groups excluding carboxylic acids is 2. The Bertz CT molecular complexity index is 498. The van der Waals surface area contributed by atoms with Crippen LogP contribution < -0.4 is 0 Å². The van der Waals surface area contributed by atoms with Crippen LogP contribution in [0.15, 0.2) is 28.4 Å². The van der Waals surface area contributed by atoms with Gasteiger partial charge in [-0.2, -0.15) is 0 Å². The molecular formula is C14H14O5. The van der Waals surface area contributed by atoms with E-state index in [2.05, 4.69) is 0 Å². The molecule has 0 atom stereocenters. The second-order valence-corrected chi connectivity index (χ2v) is 4.82. The molecule has 0 unspecified atom stereocenters. The maximum absolute atomic E-state index is 12.0. The number of carbonyl (C=O) groups is 2. The van der Waals surface area contributed by atoms with Crippen molar-refractivity contribution in [1.29, 1.82) is 0 Å². The highest BCUT2D eigenvalue weighted by Gasteiger charge is 2.46. The Morgan fingerprint density at radius 2 is 1.74 bits per heavy atom. The molecule has 1 aliphatic carbocycles. The maximum atomic E-state index is 12.0. The zero-order valence-electron chi connectivity index (χ0n) is 10.4. The lowest BCUT2D eigenvalue weighted by atomic mass is 9.93. The van der Waals surface area contributed by atoms with E-state index in [1.165, 1.54) is 12.3 Å². The van der Waals surface area contributed by atoms with Gasteiger partial charge in [0.05, 0.1) is 6.26 Å². The summed E-state index contributed by atoms with van der Waals surface area (Å²) in [5.74, 6) is -1.87. The number of ether oxygens (including phenoxy) is 2. The van der Waals surface area contributed by atoms with Gasteiger partial charge in [0, 0.05) is 18.9 Å². The molecule has 19 heavy (non-hydrogen) atoms. The first kappa shape index (κ1) is 12.0. The van der Waals surface area contributed by atoms with Crippen molar-refractivity contribution >= 4 is 18.0 Å². The Morgan fingerprint density at radius 1 is 1.05 bits per heavy atom. The molecule has 3 rings (SSSR count). The van der Waals surface area contributed by atoms with Gasteiger partial charge in [0.1, 0.15) is 11.3 Å². The lowest BCUT2D eigenvalue weighted by molar-refractivity contribution is -0.244. The predicted octanol–water partition coefficient (Wildman–Crippen LogP) is 2.42. The number of hydrogen-bond donors (Lipinski definition) is 0. The summed E-state index contributed by atoms with van der Waals surface area (Å²) in [6.07, 6.45) is 6.85. The molecule has 0 bridgehead atoms. The van der Waals surface area contributed by atoms with Crippen molar-refractivity contribution in [2.45, 2.75) is 37.9 Å². The summed E-state index contributed by atoms with van der Waals surface area (Å²) in [4.78, 5) is 23.9. The van der Waals surface area contributed by atoms with Crippen LogP contribution in [0.4, 0.5) is 0 Å². The molecule has 1 saturated heterocycles.